The van der Waals surface area contributed by atoms with Crippen LogP contribution in [0.3, 0.4) is 0 Å². The number of unbranched alkanes of at least 4 members (excludes halogenated alkanes) is 14. The lowest BCUT2D eigenvalue weighted by Gasteiger charge is -2.25. The minimum Gasteiger partial charge on any atom is -0.377 e. The van der Waals surface area contributed by atoms with E-state index in [9.17, 15) is 0 Å². The van der Waals surface area contributed by atoms with Gasteiger partial charge >= 0.3 is 8.80 Å². The van der Waals surface area contributed by atoms with Crippen LogP contribution in [0.25, 0.3) is 0 Å². The van der Waals surface area contributed by atoms with Crippen molar-refractivity contribution in [3.8, 4) is 0 Å². The topological polar surface area (TPSA) is 27.7 Å². The summed E-state index contributed by atoms with van der Waals surface area (Å²) < 4.78 is 16.9. The van der Waals surface area contributed by atoms with E-state index in [0.29, 0.717) is 0 Å². The Bertz CT molecular complexity index is 319. The molecule has 0 aliphatic carbocycles. The number of hydrogen-bond acceptors (Lipinski definition) is 3. The van der Waals surface area contributed by atoms with Crippen molar-refractivity contribution in [3.05, 3.63) is 0 Å². The van der Waals surface area contributed by atoms with Crippen LogP contribution in [-0.2, 0) is 13.3 Å². The lowest BCUT2D eigenvalue weighted by atomic mass is 9.90. The van der Waals surface area contributed by atoms with Crippen LogP contribution in [0.1, 0.15) is 142 Å². The quantitative estimate of drug-likeness (QED) is 0.101. The third kappa shape index (κ3) is 18.2. The molecule has 0 aliphatic heterocycles. The van der Waals surface area contributed by atoms with Crippen LogP contribution < -0.4 is 0 Å². The SMILES string of the molecule is CCCCCCCCCCC(CCCCCCCCCC)CCC[Si](OC)(OC)OC. The summed E-state index contributed by atoms with van der Waals surface area (Å²) in [5, 5.41) is 0. The van der Waals surface area contributed by atoms with Crippen molar-refractivity contribution in [1.82, 2.24) is 0 Å². The van der Waals surface area contributed by atoms with Gasteiger partial charge in [0.1, 0.15) is 0 Å². The highest BCUT2D eigenvalue weighted by Gasteiger charge is 2.37. The zero-order chi connectivity index (χ0) is 23.0. The second-order valence-corrected chi connectivity index (χ2v) is 12.7. The monoisotopic (exact) mass is 458 g/mol. The van der Waals surface area contributed by atoms with Gasteiger partial charge in [-0.3, -0.25) is 0 Å². The van der Waals surface area contributed by atoms with Gasteiger partial charge in [0, 0.05) is 27.4 Å². The van der Waals surface area contributed by atoms with Crippen molar-refractivity contribution in [1.29, 1.82) is 0 Å². The summed E-state index contributed by atoms with van der Waals surface area (Å²) in [5.74, 6) is 0.873. The Kier molecular flexibility index (Phi) is 23.3. The Hall–Kier alpha value is 0.0969. The molecule has 4 heteroatoms. The molecule has 0 spiro atoms. The van der Waals surface area contributed by atoms with Gasteiger partial charge in [-0.1, -0.05) is 136 Å². The number of rotatable bonds is 25. The summed E-state index contributed by atoms with van der Waals surface area (Å²) in [6.07, 6.45) is 28.0. The Morgan fingerprint density at radius 2 is 0.774 bits per heavy atom. The Morgan fingerprint density at radius 1 is 0.452 bits per heavy atom. The van der Waals surface area contributed by atoms with Gasteiger partial charge in [-0.25, -0.2) is 0 Å². The molecule has 0 aliphatic rings. The summed E-state index contributed by atoms with van der Waals surface area (Å²) in [6.45, 7) is 4.59. The van der Waals surface area contributed by atoms with Crippen molar-refractivity contribution in [3.63, 3.8) is 0 Å². The van der Waals surface area contributed by atoms with Gasteiger partial charge in [-0.2, -0.15) is 0 Å². The summed E-state index contributed by atoms with van der Waals surface area (Å²) in [4.78, 5) is 0. The first-order valence-corrected chi connectivity index (χ1v) is 15.8. The second kappa shape index (κ2) is 23.3. The molecule has 31 heavy (non-hydrogen) atoms. The Balaban J connectivity index is 4.14. The number of hydrogen-bond donors (Lipinski definition) is 0. The molecule has 0 saturated carbocycles. The van der Waals surface area contributed by atoms with Crippen molar-refractivity contribution in [2.45, 2.75) is 148 Å². The normalized spacial score (nSPS) is 12.2. The first-order valence-electron chi connectivity index (χ1n) is 13.8. The summed E-state index contributed by atoms with van der Waals surface area (Å²) >= 11 is 0. The molecule has 0 aromatic rings. The van der Waals surface area contributed by atoms with Gasteiger partial charge in [0.25, 0.3) is 0 Å². The van der Waals surface area contributed by atoms with E-state index in [1.807, 2.05) is 0 Å². The molecule has 0 fully saturated rings. The fraction of sp³-hybridized carbons (Fsp3) is 1.00. The van der Waals surface area contributed by atoms with E-state index in [2.05, 4.69) is 13.8 Å². The van der Waals surface area contributed by atoms with Gasteiger partial charge < -0.3 is 13.3 Å². The fourth-order valence-corrected chi connectivity index (χ4v) is 6.48. The van der Waals surface area contributed by atoms with Crippen LogP contribution in [0.2, 0.25) is 6.04 Å². The van der Waals surface area contributed by atoms with Crippen LogP contribution in [0.5, 0.6) is 0 Å². The van der Waals surface area contributed by atoms with Crippen molar-refractivity contribution in [2.75, 3.05) is 21.3 Å². The first kappa shape index (κ1) is 31.1. The predicted molar refractivity (Wildman–Crippen MR) is 139 cm³/mol. The van der Waals surface area contributed by atoms with Gasteiger partial charge in [0.05, 0.1) is 0 Å². The van der Waals surface area contributed by atoms with Crippen LogP contribution in [0.4, 0.5) is 0 Å². The van der Waals surface area contributed by atoms with Crippen molar-refractivity contribution < 1.29 is 13.3 Å². The molecular formula is C27H58O3Si. The van der Waals surface area contributed by atoms with E-state index in [1.165, 1.54) is 128 Å². The maximum Gasteiger partial charge on any atom is 0.500 e. The van der Waals surface area contributed by atoms with Crippen molar-refractivity contribution >= 4 is 8.80 Å². The molecule has 0 atom stereocenters. The van der Waals surface area contributed by atoms with E-state index >= 15 is 0 Å². The molecule has 0 unspecified atom stereocenters. The van der Waals surface area contributed by atoms with Crippen LogP contribution >= 0.6 is 0 Å². The fourth-order valence-electron chi connectivity index (χ4n) is 4.73. The lowest BCUT2D eigenvalue weighted by molar-refractivity contribution is 0.122. The molecule has 188 valence electrons. The Labute approximate surface area is 197 Å². The maximum atomic E-state index is 5.62. The molecule has 0 bridgehead atoms. The standard InChI is InChI=1S/C27H58O3Si/c1-6-8-10-12-14-16-18-20-23-27(24-21-19-17-15-13-11-9-7-2)25-22-26-31(28-3,29-4)30-5/h27H,6-26H2,1-5H3. The van der Waals surface area contributed by atoms with Gasteiger partial charge in [0.2, 0.25) is 0 Å². The van der Waals surface area contributed by atoms with Crippen LogP contribution in [-0.4, -0.2) is 30.1 Å². The van der Waals surface area contributed by atoms with Crippen LogP contribution in [0, 0.1) is 5.92 Å². The summed E-state index contributed by atoms with van der Waals surface area (Å²) in [6, 6.07) is 0.946. The molecule has 0 aromatic carbocycles. The second-order valence-electron chi connectivity index (χ2n) is 9.58. The van der Waals surface area contributed by atoms with Crippen LogP contribution in [0.15, 0.2) is 0 Å². The van der Waals surface area contributed by atoms with E-state index in [0.717, 1.165) is 12.0 Å². The maximum absolute atomic E-state index is 5.62. The third-order valence-electron chi connectivity index (χ3n) is 6.96. The average Bonchev–Trinajstić information content (AvgIpc) is 2.80. The molecule has 0 radical (unpaired) electrons. The van der Waals surface area contributed by atoms with Gasteiger partial charge in [0.15, 0.2) is 0 Å². The van der Waals surface area contributed by atoms with E-state index in [1.54, 1.807) is 21.3 Å². The Morgan fingerprint density at radius 3 is 1.13 bits per heavy atom. The zero-order valence-corrected chi connectivity index (χ0v) is 23.2. The molecule has 0 N–H and O–H groups in total. The highest BCUT2D eigenvalue weighted by atomic mass is 28.4. The minimum absolute atomic E-state index is 0.873. The molecular weight excluding hydrogens is 400 g/mol. The lowest BCUT2D eigenvalue weighted by Crippen LogP contribution is -2.42. The summed E-state index contributed by atoms with van der Waals surface area (Å²) in [7, 11) is 2.80. The first-order chi connectivity index (χ1) is 15.2. The van der Waals surface area contributed by atoms with Gasteiger partial charge in [-0.05, 0) is 12.3 Å². The molecule has 0 heterocycles. The van der Waals surface area contributed by atoms with E-state index < -0.39 is 8.80 Å². The predicted octanol–water partition coefficient (Wildman–Crippen LogP) is 9.32. The zero-order valence-electron chi connectivity index (χ0n) is 22.2. The largest absolute Gasteiger partial charge is 0.500 e. The molecule has 0 rings (SSSR count). The highest BCUT2D eigenvalue weighted by molar-refractivity contribution is 6.60. The molecule has 3 nitrogen and oxygen atoms in total. The van der Waals surface area contributed by atoms with E-state index in [4.69, 9.17) is 13.3 Å². The molecule has 0 saturated heterocycles. The minimum atomic E-state index is -2.40. The molecule has 0 amide bonds. The van der Waals surface area contributed by atoms with E-state index in [-0.39, 0.29) is 0 Å². The highest BCUT2D eigenvalue weighted by Crippen LogP contribution is 2.26. The summed E-state index contributed by atoms with van der Waals surface area (Å²) in [5.41, 5.74) is 0. The molecule has 0 aromatic heterocycles. The third-order valence-corrected chi connectivity index (χ3v) is 9.79. The van der Waals surface area contributed by atoms with Gasteiger partial charge in [-0.15, -0.1) is 0 Å². The van der Waals surface area contributed by atoms with Crippen molar-refractivity contribution in [2.24, 2.45) is 5.92 Å². The average molecular weight is 459 g/mol. The smallest absolute Gasteiger partial charge is 0.377 e.